The molecule has 12 heteroatoms. The Morgan fingerprint density at radius 3 is 2.18 bits per heavy atom. The zero-order valence-electron chi connectivity index (χ0n) is 26.9. The number of amides is 4. The van der Waals surface area contributed by atoms with E-state index in [0.29, 0.717) is 23.3 Å². The fourth-order valence-corrected chi connectivity index (χ4v) is 6.19. The van der Waals surface area contributed by atoms with Gasteiger partial charge in [0, 0.05) is 17.7 Å². The summed E-state index contributed by atoms with van der Waals surface area (Å²) >= 11 is 1.43. The first-order chi connectivity index (χ1) is 23.6. The second-order valence-electron chi connectivity index (χ2n) is 11.9. The van der Waals surface area contributed by atoms with Crippen molar-refractivity contribution >= 4 is 40.9 Å². The Balaban J connectivity index is 1.50. The van der Waals surface area contributed by atoms with Gasteiger partial charge in [0.2, 0.25) is 17.7 Å². The molecule has 0 saturated heterocycles. The molecular weight excluding hydrogens is 644 g/mol. The molecule has 1 aromatic heterocycles. The number of hydrogen-bond acceptors (Lipinski definition) is 7. The molecule has 2 aliphatic heterocycles. The van der Waals surface area contributed by atoms with Gasteiger partial charge in [-0.05, 0) is 60.0 Å². The SMILES string of the molecule is Cc1ccc(C2NC(=O)C(Cc3cccs3)NC(=O)COc3ccc(cc3)C[C@@H](C(=O)O)NC(=O)[C@@H](CCc3ccccc3)NC2=O)cc1. The minimum Gasteiger partial charge on any atom is -0.484 e. The van der Waals surface area contributed by atoms with E-state index in [4.69, 9.17) is 4.74 Å². The molecule has 5 N–H and O–H groups in total. The number of carboxylic acids is 1. The van der Waals surface area contributed by atoms with Crippen molar-refractivity contribution in [3.05, 3.63) is 124 Å². The molecule has 2 unspecified atom stereocenters. The Labute approximate surface area is 288 Å². The predicted molar refractivity (Wildman–Crippen MR) is 184 cm³/mol. The van der Waals surface area contributed by atoms with Crippen LogP contribution in [0.25, 0.3) is 0 Å². The summed E-state index contributed by atoms with van der Waals surface area (Å²) in [5.41, 5.74) is 2.92. The van der Waals surface area contributed by atoms with Crippen molar-refractivity contribution < 1.29 is 33.8 Å². The van der Waals surface area contributed by atoms with Gasteiger partial charge in [0.1, 0.15) is 29.9 Å². The third-order valence-corrected chi connectivity index (χ3v) is 9.04. The topological polar surface area (TPSA) is 163 Å². The van der Waals surface area contributed by atoms with E-state index < -0.39 is 53.8 Å². The maximum atomic E-state index is 14.1. The fourth-order valence-electron chi connectivity index (χ4n) is 5.44. The Hall–Kier alpha value is -5.49. The fraction of sp³-hybridized carbons (Fsp3) is 0.270. The maximum absolute atomic E-state index is 14.1. The first-order valence-corrected chi connectivity index (χ1v) is 16.8. The van der Waals surface area contributed by atoms with Gasteiger partial charge >= 0.3 is 5.97 Å². The molecular formula is C37H38N4O7S. The minimum absolute atomic E-state index is 0.0341. The van der Waals surface area contributed by atoms with Gasteiger partial charge in [-0.3, -0.25) is 19.2 Å². The first-order valence-electron chi connectivity index (χ1n) is 15.9. The van der Waals surface area contributed by atoms with Crippen LogP contribution in [0.1, 0.15) is 39.6 Å². The quantitative estimate of drug-likeness (QED) is 0.187. The van der Waals surface area contributed by atoms with E-state index in [0.717, 1.165) is 16.0 Å². The van der Waals surface area contributed by atoms with Crippen LogP contribution >= 0.6 is 11.3 Å². The van der Waals surface area contributed by atoms with Crippen molar-refractivity contribution in [2.24, 2.45) is 0 Å². The van der Waals surface area contributed by atoms with Crippen molar-refractivity contribution in [3.8, 4) is 5.75 Å². The smallest absolute Gasteiger partial charge is 0.326 e. The van der Waals surface area contributed by atoms with E-state index >= 15 is 0 Å². The lowest BCUT2D eigenvalue weighted by molar-refractivity contribution is -0.142. The predicted octanol–water partition coefficient (Wildman–Crippen LogP) is 3.26. The second-order valence-corrected chi connectivity index (χ2v) is 12.9. The molecule has 3 aromatic carbocycles. The Morgan fingerprint density at radius 1 is 0.796 bits per heavy atom. The van der Waals surface area contributed by atoms with Gasteiger partial charge in [0.05, 0.1) is 0 Å². The third kappa shape index (κ3) is 10.0. The number of carboxylic acid groups (broad SMARTS) is 1. The zero-order valence-corrected chi connectivity index (χ0v) is 27.7. The molecule has 254 valence electrons. The lowest BCUT2D eigenvalue weighted by atomic mass is 10.0. The second kappa shape index (κ2) is 16.6. The van der Waals surface area contributed by atoms with Crippen molar-refractivity contribution in [2.75, 3.05) is 6.61 Å². The van der Waals surface area contributed by atoms with Crippen LogP contribution in [0.2, 0.25) is 0 Å². The summed E-state index contributed by atoms with van der Waals surface area (Å²) in [6.07, 6.45) is 0.707. The van der Waals surface area contributed by atoms with Gasteiger partial charge in [0.25, 0.3) is 5.91 Å². The summed E-state index contributed by atoms with van der Waals surface area (Å²) < 4.78 is 5.65. The highest BCUT2D eigenvalue weighted by molar-refractivity contribution is 7.09. The van der Waals surface area contributed by atoms with Crippen molar-refractivity contribution in [3.63, 3.8) is 0 Å². The van der Waals surface area contributed by atoms with Gasteiger partial charge in [-0.15, -0.1) is 11.3 Å². The normalized spacial score (nSPS) is 20.8. The molecule has 0 aliphatic carbocycles. The number of fused-ring (bicyclic) bond motifs is 16. The number of aryl methyl sites for hydroxylation is 2. The number of ether oxygens (including phenoxy) is 1. The van der Waals surface area contributed by atoms with Gasteiger partial charge in [-0.1, -0.05) is 78.4 Å². The van der Waals surface area contributed by atoms with Crippen LogP contribution in [0.5, 0.6) is 5.75 Å². The van der Waals surface area contributed by atoms with E-state index in [1.54, 1.807) is 48.5 Å². The van der Waals surface area contributed by atoms with Crippen LogP contribution < -0.4 is 26.0 Å². The van der Waals surface area contributed by atoms with E-state index in [2.05, 4.69) is 21.3 Å². The molecule has 3 heterocycles. The van der Waals surface area contributed by atoms with Crippen molar-refractivity contribution in [1.29, 1.82) is 0 Å². The van der Waals surface area contributed by atoms with E-state index in [-0.39, 0.29) is 25.9 Å². The molecule has 11 nitrogen and oxygen atoms in total. The van der Waals surface area contributed by atoms with Crippen molar-refractivity contribution in [2.45, 2.75) is 56.8 Å². The van der Waals surface area contributed by atoms with Gasteiger partial charge in [-0.2, -0.15) is 0 Å². The number of carbonyl (C=O) groups is 5. The van der Waals surface area contributed by atoms with Crippen LogP contribution in [0.15, 0.2) is 96.4 Å². The number of carbonyl (C=O) groups excluding carboxylic acids is 4. The Kier molecular flexibility index (Phi) is 11.8. The van der Waals surface area contributed by atoms with E-state index in [9.17, 15) is 29.1 Å². The van der Waals surface area contributed by atoms with Crippen LogP contribution in [-0.2, 0) is 43.2 Å². The molecule has 6 rings (SSSR count). The highest BCUT2D eigenvalue weighted by atomic mass is 32.1. The molecule has 4 amide bonds. The number of nitrogens with one attached hydrogen (secondary N) is 4. The summed E-state index contributed by atoms with van der Waals surface area (Å²) in [6.45, 7) is 1.51. The van der Waals surface area contributed by atoms with E-state index in [1.165, 1.54) is 11.3 Å². The van der Waals surface area contributed by atoms with Gasteiger partial charge < -0.3 is 31.1 Å². The maximum Gasteiger partial charge on any atom is 0.326 e. The van der Waals surface area contributed by atoms with Crippen LogP contribution in [-0.4, -0.2) is 59.4 Å². The molecule has 4 atom stereocenters. The van der Waals surface area contributed by atoms with Crippen LogP contribution in [0.4, 0.5) is 0 Å². The lowest BCUT2D eigenvalue weighted by Crippen LogP contribution is -2.55. The largest absolute Gasteiger partial charge is 0.484 e. The number of thiophene rings is 1. The molecule has 49 heavy (non-hydrogen) atoms. The zero-order chi connectivity index (χ0) is 34.8. The van der Waals surface area contributed by atoms with Gasteiger partial charge in [-0.25, -0.2) is 4.79 Å². The number of hydrogen-bond donors (Lipinski definition) is 5. The average Bonchev–Trinajstić information content (AvgIpc) is 3.61. The Morgan fingerprint density at radius 2 is 1.51 bits per heavy atom. The highest BCUT2D eigenvalue weighted by Gasteiger charge is 2.32. The minimum atomic E-state index is -1.30. The lowest BCUT2D eigenvalue weighted by Gasteiger charge is -2.26. The standard InChI is InChI=1S/C37H38N4O7S/c1-23-9-14-26(15-10-23)33-36(45)39-29(18-13-24-6-3-2-4-7-24)34(43)40-31(37(46)47)20-25-11-16-27(17-12-25)48-22-32(42)38-30(35(44)41-33)21-28-8-5-19-49-28/h2-12,14-17,19,29-31,33H,13,18,20-22H2,1H3,(H,38,42)(H,39,45)(H,40,43)(H,41,44)(H,46,47)/t29-,30?,31+,33?/m1/s1. The number of aliphatic carboxylic acids is 1. The monoisotopic (exact) mass is 682 g/mol. The molecule has 0 saturated carbocycles. The van der Waals surface area contributed by atoms with Crippen LogP contribution in [0, 0.1) is 6.92 Å². The summed E-state index contributed by atoms with van der Waals surface area (Å²) in [7, 11) is 0. The molecule has 4 aromatic rings. The molecule has 0 fully saturated rings. The highest BCUT2D eigenvalue weighted by Crippen LogP contribution is 2.19. The molecule has 2 bridgehead atoms. The molecule has 2 aliphatic rings. The van der Waals surface area contributed by atoms with Crippen LogP contribution in [0.3, 0.4) is 0 Å². The molecule has 0 radical (unpaired) electrons. The summed E-state index contributed by atoms with van der Waals surface area (Å²) in [5.74, 6) is -3.38. The summed E-state index contributed by atoms with van der Waals surface area (Å²) in [5, 5.41) is 22.8. The van der Waals surface area contributed by atoms with Crippen molar-refractivity contribution in [1.82, 2.24) is 21.3 Å². The van der Waals surface area contributed by atoms with E-state index in [1.807, 2.05) is 54.8 Å². The Bertz CT molecular complexity index is 1750. The van der Waals surface area contributed by atoms with Gasteiger partial charge in [0.15, 0.2) is 6.61 Å². The average molecular weight is 683 g/mol. The number of benzene rings is 3. The first kappa shape index (κ1) is 34.8. The third-order valence-electron chi connectivity index (χ3n) is 8.14. The summed E-state index contributed by atoms with van der Waals surface area (Å²) in [6, 6.07) is 21.9. The molecule has 0 spiro atoms. The summed E-state index contributed by atoms with van der Waals surface area (Å²) in [4.78, 5) is 68.0. The number of rotatable bonds is 7.